The summed E-state index contributed by atoms with van der Waals surface area (Å²) in [6, 6.07) is 24.7. The molecule has 12 heteroatoms. The lowest BCUT2D eigenvalue weighted by molar-refractivity contribution is -0.0926. The van der Waals surface area contributed by atoms with Crippen LogP contribution in [0.4, 0.5) is 0 Å². The van der Waals surface area contributed by atoms with Crippen LogP contribution in [0.5, 0.6) is 11.5 Å². The number of benzene rings is 3. The summed E-state index contributed by atoms with van der Waals surface area (Å²) in [5.74, 6) is 1.32. The molecule has 4 aromatic rings. The van der Waals surface area contributed by atoms with Gasteiger partial charge < -0.3 is 19.3 Å². The van der Waals surface area contributed by atoms with Crippen molar-refractivity contribution < 1.29 is 23.8 Å². The summed E-state index contributed by atoms with van der Waals surface area (Å²) < 4.78 is 24.8. The first-order chi connectivity index (χ1) is 20.7. The Bertz CT molecular complexity index is 1650. The highest BCUT2D eigenvalue weighted by atomic mass is 32.9. The average molecular weight is 640 g/mol. The largest absolute Gasteiger partial charge is 0.497 e. The molecule has 2 heterocycles. The minimum Gasteiger partial charge on any atom is -0.497 e. The molecule has 1 saturated heterocycles. The van der Waals surface area contributed by atoms with Crippen molar-refractivity contribution in [2.24, 2.45) is 0 Å². The van der Waals surface area contributed by atoms with Crippen LogP contribution < -0.4 is 20.7 Å². The predicted octanol–water partition coefficient (Wildman–Crippen LogP) is 4.63. The summed E-state index contributed by atoms with van der Waals surface area (Å²) in [7, 11) is 3.19. The zero-order chi connectivity index (χ0) is 30.7. The van der Waals surface area contributed by atoms with E-state index in [9.17, 15) is 14.7 Å². The van der Waals surface area contributed by atoms with E-state index in [-0.39, 0.29) is 6.42 Å². The molecule has 0 spiro atoms. The van der Waals surface area contributed by atoms with E-state index in [0.29, 0.717) is 17.1 Å². The van der Waals surface area contributed by atoms with E-state index in [1.807, 2.05) is 78.9 Å². The van der Waals surface area contributed by atoms with Gasteiger partial charge in [-0.2, -0.15) is 4.52 Å². The van der Waals surface area contributed by atoms with Crippen LogP contribution in [0.3, 0.4) is 0 Å². The number of ether oxygens (including phenoxy) is 3. The van der Waals surface area contributed by atoms with Gasteiger partial charge in [-0.1, -0.05) is 54.6 Å². The normalized spacial score (nSPS) is 19.6. The molecule has 5 rings (SSSR count). The van der Waals surface area contributed by atoms with Gasteiger partial charge in [0.2, 0.25) is 11.8 Å². The van der Waals surface area contributed by atoms with E-state index in [1.54, 1.807) is 21.1 Å². The van der Waals surface area contributed by atoms with Crippen LogP contribution in [0.25, 0.3) is 0 Å². The fourth-order valence-corrected chi connectivity index (χ4v) is 6.93. The SMILES string of the molecule is COc1ccc(C(c2ccccc2)(c2ccc(OC)cc2)C(O)[C@H]2O[C@@H](n3cc(C)c(=O)[nH]c3=O)C[C@@H]2O[P+](=S)S)cc1. The predicted molar refractivity (Wildman–Crippen MR) is 171 cm³/mol. The summed E-state index contributed by atoms with van der Waals surface area (Å²) >= 11 is 9.68. The number of rotatable bonds is 10. The summed E-state index contributed by atoms with van der Waals surface area (Å²) in [6.07, 6.45) is -3.72. The van der Waals surface area contributed by atoms with Gasteiger partial charge in [0, 0.05) is 18.2 Å². The first-order valence-corrected chi connectivity index (χ1v) is 16.9. The maximum atomic E-state index is 12.8. The van der Waals surface area contributed by atoms with Crippen LogP contribution in [0, 0.1) is 6.92 Å². The Kier molecular flexibility index (Phi) is 9.51. The van der Waals surface area contributed by atoms with Crippen molar-refractivity contribution in [3.05, 3.63) is 128 Å². The molecule has 224 valence electrons. The van der Waals surface area contributed by atoms with Gasteiger partial charge in [-0.25, -0.2) is 4.79 Å². The molecule has 0 saturated carbocycles. The van der Waals surface area contributed by atoms with Gasteiger partial charge in [0.15, 0.2) is 0 Å². The first-order valence-electron chi connectivity index (χ1n) is 13.5. The van der Waals surface area contributed by atoms with Crippen molar-refractivity contribution in [3.8, 4) is 11.5 Å². The third-order valence-corrected chi connectivity index (χ3v) is 8.86. The number of hydrogen-bond acceptors (Lipinski definition) is 8. The van der Waals surface area contributed by atoms with Crippen LogP contribution >= 0.6 is 18.4 Å². The average Bonchev–Trinajstić information content (AvgIpc) is 3.43. The molecular formula is C31H32N2O7PS2+. The lowest BCUT2D eigenvalue weighted by atomic mass is 9.64. The fourth-order valence-electron chi connectivity index (χ4n) is 5.80. The van der Waals surface area contributed by atoms with E-state index >= 15 is 0 Å². The minimum atomic E-state index is -1.57. The van der Waals surface area contributed by atoms with Crippen molar-refractivity contribution in [2.75, 3.05) is 14.2 Å². The number of nitrogens with one attached hydrogen (secondary N) is 1. The topological polar surface area (TPSA) is 112 Å². The fraction of sp³-hybridized carbons (Fsp3) is 0.290. The second-order valence-electron chi connectivity index (χ2n) is 10.2. The van der Waals surface area contributed by atoms with E-state index < -0.39 is 47.3 Å². The Balaban J connectivity index is 1.72. The number of methoxy groups -OCH3 is 2. The zero-order valence-electron chi connectivity index (χ0n) is 23.7. The Hall–Kier alpha value is -3.31. The molecule has 1 aliphatic heterocycles. The van der Waals surface area contributed by atoms with Gasteiger partial charge >= 0.3 is 11.8 Å². The third kappa shape index (κ3) is 6.06. The Morgan fingerprint density at radius 1 is 0.977 bits per heavy atom. The van der Waals surface area contributed by atoms with Crippen LogP contribution in [0.15, 0.2) is 94.6 Å². The van der Waals surface area contributed by atoms with Crippen LogP contribution in [-0.4, -0.2) is 47.2 Å². The molecule has 9 nitrogen and oxygen atoms in total. The third-order valence-electron chi connectivity index (χ3n) is 7.87. The van der Waals surface area contributed by atoms with E-state index in [4.69, 9.17) is 30.5 Å². The molecule has 0 aliphatic carbocycles. The number of H-pyrrole nitrogens is 1. The molecule has 1 aliphatic rings. The molecule has 0 amide bonds. The van der Waals surface area contributed by atoms with Crippen molar-refractivity contribution in [3.63, 3.8) is 0 Å². The van der Waals surface area contributed by atoms with E-state index in [2.05, 4.69) is 17.2 Å². The maximum Gasteiger partial charge on any atom is 0.411 e. The van der Waals surface area contributed by atoms with Crippen molar-refractivity contribution in [1.82, 2.24) is 9.55 Å². The standard InChI is InChI=1S/C31H31N2O7PS2/c1-19-18-33(30(36)32-29(19)35)26-17-25(40-41(42)43)27(39-26)28(34)31(20-7-5-4-6-8-20,21-9-13-23(37-2)14-10-21)22-11-15-24(38-3)16-12-22/h4-16,18,25-28,34H,17H2,1-3H3,(H-,32,35,36,42,43)/p+1/t25-,26+,27-,28?/m0/s1. The van der Waals surface area contributed by atoms with Crippen LogP contribution in [0.1, 0.15) is 34.9 Å². The lowest BCUT2D eigenvalue weighted by Crippen LogP contribution is -2.51. The number of aromatic nitrogens is 2. The summed E-state index contributed by atoms with van der Waals surface area (Å²) in [4.78, 5) is 27.2. The second kappa shape index (κ2) is 13.1. The van der Waals surface area contributed by atoms with Gasteiger partial charge in [0.25, 0.3) is 5.56 Å². The van der Waals surface area contributed by atoms with Gasteiger partial charge in [-0.05, 0) is 47.9 Å². The molecule has 1 aromatic heterocycles. The quantitative estimate of drug-likeness (QED) is 0.131. The Morgan fingerprint density at radius 3 is 2.02 bits per heavy atom. The molecule has 2 unspecified atom stereocenters. The zero-order valence-corrected chi connectivity index (χ0v) is 26.4. The Morgan fingerprint density at radius 2 is 1.51 bits per heavy atom. The monoisotopic (exact) mass is 639 g/mol. The summed E-state index contributed by atoms with van der Waals surface area (Å²) in [5, 5.41) is 12.7. The number of aliphatic hydroxyl groups excluding tert-OH is 1. The lowest BCUT2D eigenvalue weighted by Gasteiger charge is -2.42. The van der Waals surface area contributed by atoms with E-state index in [1.165, 1.54) is 10.8 Å². The van der Waals surface area contributed by atoms with Crippen molar-refractivity contribution >= 4 is 30.2 Å². The number of aromatic amines is 1. The number of thiol groups is 1. The van der Waals surface area contributed by atoms with E-state index in [0.717, 1.165) is 16.7 Å². The van der Waals surface area contributed by atoms with Gasteiger partial charge in [0.1, 0.15) is 48.3 Å². The summed E-state index contributed by atoms with van der Waals surface area (Å²) in [6.45, 7) is 1.61. The molecule has 43 heavy (non-hydrogen) atoms. The van der Waals surface area contributed by atoms with Crippen molar-refractivity contribution in [2.45, 2.75) is 43.3 Å². The smallest absolute Gasteiger partial charge is 0.411 e. The van der Waals surface area contributed by atoms with Crippen molar-refractivity contribution in [1.29, 1.82) is 0 Å². The summed E-state index contributed by atoms with van der Waals surface area (Å²) in [5.41, 5.74) is 0.397. The molecule has 3 aromatic carbocycles. The number of aryl methyl sites for hydroxylation is 1. The number of hydrogen-bond donors (Lipinski definition) is 3. The maximum absolute atomic E-state index is 12.8. The second-order valence-corrected chi connectivity index (χ2v) is 13.8. The highest BCUT2D eigenvalue weighted by Gasteiger charge is 2.54. The van der Waals surface area contributed by atoms with Crippen LogP contribution in [0.2, 0.25) is 0 Å². The number of nitrogens with zero attached hydrogens (tertiary/aromatic N) is 1. The highest BCUT2D eigenvalue weighted by Crippen LogP contribution is 2.49. The van der Waals surface area contributed by atoms with Crippen LogP contribution in [-0.2, 0) is 26.5 Å². The number of aliphatic hydroxyl groups is 1. The molecule has 0 radical (unpaired) electrons. The first kappa shape index (κ1) is 31.1. The molecule has 5 atom stereocenters. The van der Waals surface area contributed by atoms with Gasteiger partial charge in [0.05, 0.1) is 19.6 Å². The Labute approximate surface area is 260 Å². The molecular weight excluding hydrogens is 607 g/mol. The molecule has 0 bridgehead atoms. The molecule has 1 fully saturated rings. The van der Waals surface area contributed by atoms with Gasteiger partial charge in [-0.15, -0.1) is 0 Å². The highest BCUT2D eigenvalue weighted by molar-refractivity contribution is 8.54. The van der Waals surface area contributed by atoms with Gasteiger partial charge in [-0.3, -0.25) is 14.3 Å². The molecule has 2 N–H and O–H groups in total. The minimum absolute atomic E-state index is 0.194.